The minimum Gasteiger partial charge on any atom is -0.342 e. The van der Waals surface area contributed by atoms with Crippen molar-refractivity contribution in [3.05, 3.63) is 66.0 Å². The van der Waals surface area contributed by atoms with Crippen LogP contribution in [0.5, 0.6) is 0 Å². The highest BCUT2D eigenvalue weighted by Crippen LogP contribution is 2.25. The smallest absolute Gasteiger partial charge is 0.221 e. The largest absolute Gasteiger partial charge is 0.342 e. The average molecular weight is 313 g/mol. The third kappa shape index (κ3) is 3.50. The second kappa shape index (κ2) is 6.77. The molecule has 1 amide bonds. The molecule has 1 N–H and O–H groups in total. The van der Waals surface area contributed by atoms with Gasteiger partial charge in [-0.1, -0.05) is 30.4 Å². The molecule has 0 spiro atoms. The van der Waals surface area contributed by atoms with Crippen molar-refractivity contribution in [3.63, 3.8) is 0 Å². The molecule has 23 heavy (non-hydrogen) atoms. The lowest BCUT2D eigenvalue weighted by molar-refractivity contribution is -0.122. The maximum Gasteiger partial charge on any atom is 0.221 e. The van der Waals surface area contributed by atoms with Crippen LogP contribution in [0.4, 0.5) is 4.39 Å². The summed E-state index contributed by atoms with van der Waals surface area (Å²) in [5, 5.41) is 2.95. The number of nitrogens with one attached hydrogen (secondary N) is 1. The molecule has 0 aliphatic heterocycles. The summed E-state index contributed by atoms with van der Waals surface area (Å²) in [4.78, 5) is 16.7. The topological polar surface area (TPSA) is 46.9 Å². The molecule has 0 bridgehead atoms. The molecule has 0 saturated carbocycles. The van der Waals surface area contributed by atoms with Crippen LogP contribution in [-0.4, -0.2) is 15.5 Å². The van der Waals surface area contributed by atoms with Gasteiger partial charge in [0.25, 0.3) is 0 Å². The Labute approximate surface area is 135 Å². The molecule has 0 radical (unpaired) electrons. The van der Waals surface area contributed by atoms with E-state index >= 15 is 0 Å². The SMILES string of the molecule is Cn1ccnc1[C@@H](NC(=O)C[C@H]1C=CCC1)c1ccccc1F. The molecular weight excluding hydrogens is 293 g/mol. The number of hydrogen-bond donors (Lipinski definition) is 1. The van der Waals surface area contributed by atoms with E-state index in [9.17, 15) is 9.18 Å². The van der Waals surface area contributed by atoms with Crippen LogP contribution in [0, 0.1) is 11.7 Å². The van der Waals surface area contributed by atoms with Gasteiger partial charge in [-0.2, -0.15) is 0 Å². The summed E-state index contributed by atoms with van der Waals surface area (Å²) in [6.45, 7) is 0. The highest BCUT2D eigenvalue weighted by molar-refractivity contribution is 5.77. The van der Waals surface area contributed by atoms with Gasteiger partial charge in [0.05, 0.1) is 0 Å². The summed E-state index contributed by atoms with van der Waals surface area (Å²) in [5.74, 6) is 0.461. The van der Waals surface area contributed by atoms with E-state index in [4.69, 9.17) is 0 Å². The van der Waals surface area contributed by atoms with E-state index in [0.717, 1.165) is 12.8 Å². The third-order valence-electron chi connectivity index (χ3n) is 4.20. The molecule has 1 aromatic carbocycles. The molecule has 4 nitrogen and oxygen atoms in total. The van der Waals surface area contributed by atoms with Crippen molar-refractivity contribution in [3.8, 4) is 0 Å². The van der Waals surface area contributed by atoms with Crippen LogP contribution in [0.15, 0.2) is 48.8 Å². The Morgan fingerprint density at radius 1 is 1.48 bits per heavy atom. The summed E-state index contributed by atoms with van der Waals surface area (Å²) < 4.78 is 16.0. The Balaban J connectivity index is 1.84. The van der Waals surface area contributed by atoms with Crippen molar-refractivity contribution >= 4 is 5.91 Å². The number of imidazole rings is 1. The molecule has 3 rings (SSSR count). The summed E-state index contributed by atoms with van der Waals surface area (Å²) in [7, 11) is 1.84. The number of aryl methyl sites for hydroxylation is 1. The Hall–Kier alpha value is -2.43. The van der Waals surface area contributed by atoms with Crippen LogP contribution in [-0.2, 0) is 11.8 Å². The summed E-state index contributed by atoms with van der Waals surface area (Å²) in [5.41, 5.74) is 0.428. The van der Waals surface area contributed by atoms with Gasteiger partial charge in [0.1, 0.15) is 17.7 Å². The number of allylic oxidation sites excluding steroid dienone is 2. The zero-order valence-corrected chi connectivity index (χ0v) is 13.1. The minimum absolute atomic E-state index is 0.0854. The van der Waals surface area contributed by atoms with Crippen LogP contribution >= 0.6 is 0 Å². The number of nitrogens with zero attached hydrogens (tertiary/aromatic N) is 2. The average Bonchev–Trinajstić information content (AvgIpc) is 3.17. The molecule has 1 aromatic heterocycles. The molecule has 1 heterocycles. The van der Waals surface area contributed by atoms with Gasteiger partial charge in [-0.05, 0) is 24.8 Å². The molecule has 0 unspecified atom stereocenters. The van der Waals surface area contributed by atoms with E-state index in [0.29, 0.717) is 17.8 Å². The van der Waals surface area contributed by atoms with E-state index in [2.05, 4.69) is 22.5 Å². The van der Waals surface area contributed by atoms with Crippen molar-refractivity contribution < 1.29 is 9.18 Å². The first-order valence-electron chi connectivity index (χ1n) is 7.83. The van der Waals surface area contributed by atoms with Gasteiger partial charge in [0.2, 0.25) is 5.91 Å². The first-order chi connectivity index (χ1) is 11.1. The summed E-state index contributed by atoms with van der Waals surface area (Å²) in [6, 6.07) is 5.90. The zero-order chi connectivity index (χ0) is 16.2. The Bertz CT molecular complexity index is 723. The predicted octanol–water partition coefficient (Wildman–Crippen LogP) is 3.12. The fourth-order valence-corrected chi connectivity index (χ4v) is 2.97. The lowest BCUT2D eigenvalue weighted by Crippen LogP contribution is -2.32. The van der Waals surface area contributed by atoms with Gasteiger partial charge in [-0.25, -0.2) is 9.37 Å². The number of amides is 1. The van der Waals surface area contributed by atoms with E-state index < -0.39 is 6.04 Å². The van der Waals surface area contributed by atoms with Gasteiger partial charge in [-0.15, -0.1) is 0 Å². The van der Waals surface area contributed by atoms with Crippen molar-refractivity contribution in [1.82, 2.24) is 14.9 Å². The van der Waals surface area contributed by atoms with Crippen LogP contribution in [0.25, 0.3) is 0 Å². The highest BCUT2D eigenvalue weighted by Gasteiger charge is 2.24. The van der Waals surface area contributed by atoms with E-state index in [1.54, 1.807) is 35.2 Å². The number of carbonyl (C=O) groups excluding carboxylic acids is 1. The number of halogens is 1. The number of hydrogen-bond acceptors (Lipinski definition) is 2. The van der Waals surface area contributed by atoms with Gasteiger partial charge in [-0.3, -0.25) is 4.79 Å². The minimum atomic E-state index is -0.589. The fraction of sp³-hybridized carbons (Fsp3) is 0.333. The number of benzene rings is 1. The lowest BCUT2D eigenvalue weighted by atomic mass is 10.0. The summed E-state index contributed by atoms with van der Waals surface area (Å²) >= 11 is 0. The third-order valence-corrected chi connectivity index (χ3v) is 4.20. The predicted molar refractivity (Wildman–Crippen MR) is 86.1 cm³/mol. The Morgan fingerprint density at radius 2 is 2.30 bits per heavy atom. The molecule has 120 valence electrons. The lowest BCUT2D eigenvalue weighted by Gasteiger charge is -2.20. The highest BCUT2D eigenvalue weighted by atomic mass is 19.1. The normalized spacial score (nSPS) is 18.1. The van der Waals surface area contributed by atoms with Crippen molar-refractivity contribution in [2.75, 3.05) is 0 Å². The molecule has 0 fully saturated rings. The zero-order valence-electron chi connectivity index (χ0n) is 13.1. The Morgan fingerprint density at radius 3 is 2.96 bits per heavy atom. The molecule has 2 atom stereocenters. The van der Waals surface area contributed by atoms with E-state index in [-0.39, 0.29) is 17.6 Å². The Kier molecular flexibility index (Phi) is 4.55. The van der Waals surface area contributed by atoms with Gasteiger partial charge in [0, 0.05) is 31.4 Å². The van der Waals surface area contributed by atoms with Crippen molar-refractivity contribution in [2.45, 2.75) is 25.3 Å². The molecule has 1 aliphatic carbocycles. The first kappa shape index (κ1) is 15.5. The molecular formula is C18H20FN3O. The van der Waals surface area contributed by atoms with Gasteiger partial charge < -0.3 is 9.88 Å². The number of aromatic nitrogens is 2. The first-order valence-corrected chi connectivity index (χ1v) is 7.83. The van der Waals surface area contributed by atoms with Crippen LogP contribution in [0.1, 0.15) is 36.7 Å². The van der Waals surface area contributed by atoms with Crippen LogP contribution in [0.3, 0.4) is 0 Å². The van der Waals surface area contributed by atoms with Crippen LogP contribution < -0.4 is 5.32 Å². The second-order valence-electron chi connectivity index (χ2n) is 5.89. The maximum atomic E-state index is 14.2. The molecule has 0 saturated heterocycles. The van der Waals surface area contributed by atoms with Gasteiger partial charge in [0.15, 0.2) is 0 Å². The fourth-order valence-electron chi connectivity index (χ4n) is 2.97. The summed E-state index contributed by atoms with van der Waals surface area (Å²) in [6.07, 6.45) is 10.1. The maximum absolute atomic E-state index is 14.2. The van der Waals surface area contributed by atoms with E-state index in [1.165, 1.54) is 6.07 Å². The monoisotopic (exact) mass is 313 g/mol. The van der Waals surface area contributed by atoms with Crippen molar-refractivity contribution in [1.29, 1.82) is 0 Å². The standard InChI is InChI=1S/C18H20FN3O/c1-22-11-10-20-18(22)17(14-8-4-5-9-15(14)19)21-16(23)12-13-6-2-3-7-13/h2,4-6,8-11,13,17H,3,7,12H2,1H3,(H,21,23)/t13-,17-/m0/s1. The number of carbonyl (C=O) groups is 1. The van der Waals surface area contributed by atoms with Crippen molar-refractivity contribution in [2.24, 2.45) is 13.0 Å². The molecule has 1 aliphatic rings. The van der Waals surface area contributed by atoms with Gasteiger partial charge >= 0.3 is 0 Å². The number of rotatable bonds is 5. The quantitative estimate of drug-likeness (QED) is 0.862. The van der Waals surface area contributed by atoms with E-state index in [1.807, 2.05) is 7.05 Å². The molecule has 2 aromatic rings. The second-order valence-corrected chi connectivity index (χ2v) is 5.89. The van der Waals surface area contributed by atoms with Crippen LogP contribution in [0.2, 0.25) is 0 Å². The molecule has 5 heteroatoms.